The number of methoxy groups -OCH3 is 2. The van der Waals surface area contributed by atoms with Gasteiger partial charge in [0.2, 0.25) is 0 Å². The molecule has 0 bridgehead atoms. The first kappa shape index (κ1) is 17.9. The van der Waals surface area contributed by atoms with Crippen LogP contribution in [0.15, 0.2) is 46.9 Å². The van der Waals surface area contributed by atoms with Gasteiger partial charge in [0.25, 0.3) is 0 Å². The minimum absolute atomic E-state index is 0.764. The van der Waals surface area contributed by atoms with E-state index in [1.54, 1.807) is 14.2 Å². The summed E-state index contributed by atoms with van der Waals surface area (Å²) < 4.78 is 14.0. The second-order valence-corrected chi connectivity index (χ2v) is 7.43. The first-order valence-corrected chi connectivity index (χ1v) is 9.84. The second-order valence-electron chi connectivity index (χ2n) is 6.52. The first-order valence-electron chi connectivity index (χ1n) is 9.05. The number of hydrogen-bond donors (Lipinski definition) is 1. The maximum absolute atomic E-state index is 5.64. The molecule has 0 unspecified atom stereocenters. The normalized spacial score (nSPS) is 13.4. The molecular weight excluding hydrogens is 406 g/mol. The number of halogens is 1. The average molecular weight is 428 g/mol. The number of benzene rings is 2. The van der Waals surface area contributed by atoms with Gasteiger partial charge in [-0.2, -0.15) is 5.10 Å². The SMILES string of the molecule is COc1ccc(-c2nn(-c3cccc(Br)c3)c3c2CCCCN3)c(OC)c1. The van der Waals surface area contributed by atoms with E-state index in [9.17, 15) is 0 Å². The summed E-state index contributed by atoms with van der Waals surface area (Å²) in [6.07, 6.45) is 3.27. The molecule has 1 aliphatic heterocycles. The molecular formula is C21H22BrN3O2. The van der Waals surface area contributed by atoms with Crippen molar-refractivity contribution in [1.29, 1.82) is 0 Å². The van der Waals surface area contributed by atoms with Crippen LogP contribution in [0.25, 0.3) is 16.9 Å². The summed E-state index contributed by atoms with van der Waals surface area (Å²) in [6, 6.07) is 14.1. The molecule has 0 amide bonds. The number of nitrogens with one attached hydrogen (secondary N) is 1. The zero-order chi connectivity index (χ0) is 18.8. The molecule has 1 aromatic heterocycles. The third-order valence-electron chi connectivity index (χ3n) is 4.85. The van der Waals surface area contributed by atoms with Crippen LogP contribution in [0.1, 0.15) is 18.4 Å². The Morgan fingerprint density at radius 2 is 1.96 bits per heavy atom. The van der Waals surface area contributed by atoms with Gasteiger partial charge in [0.05, 0.1) is 19.9 Å². The van der Waals surface area contributed by atoms with Crippen molar-refractivity contribution in [3.63, 3.8) is 0 Å². The molecule has 140 valence electrons. The minimum Gasteiger partial charge on any atom is -0.497 e. The van der Waals surface area contributed by atoms with Gasteiger partial charge in [-0.15, -0.1) is 0 Å². The Kier molecular flexibility index (Phi) is 5.07. The van der Waals surface area contributed by atoms with E-state index in [0.29, 0.717) is 0 Å². The third kappa shape index (κ3) is 3.41. The highest BCUT2D eigenvalue weighted by Gasteiger charge is 2.23. The number of aromatic nitrogens is 2. The Hall–Kier alpha value is -2.47. The van der Waals surface area contributed by atoms with E-state index < -0.39 is 0 Å². The quantitative estimate of drug-likeness (QED) is 0.631. The van der Waals surface area contributed by atoms with Crippen LogP contribution >= 0.6 is 15.9 Å². The number of rotatable bonds is 4. The fraction of sp³-hybridized carbons (Fsp3) is 0.286. The van der Waals surface area contributed by atoms with E-state index >= 15 is 0 Å². The van der Waals surface area contributed by atoms with Crippen LogP contribution in [0.3, 0.4) is 0 Å². The Balaban J connectivity index is 1.92. The second kappa shape index (κ2) is 7.64. The molecule has 0 fully saturated rings. The predicted octanol–water partition coefficient (Wildman–Crippen LogP) is 5.07. The highest BCUT2D eigenvalue weighted by molar-refractivity contribution is 9.10. The third-order valence-corrected chi connectivity index (χ3v) is 5.34. The van der Waals surface area contributed by atoms with Gasteiger partial charge in [-0.3, -0.25) is 0 Å². The van der Waals surface area contributed by atoms with Crippen molar-refractivity contribution in [2.75, 3.05) is 26.1 Å². The van der Waals surface area contributed by atoms with Gasteiger partial charge in [-0.25, -0.2) is 4.68 Å². The van der Waals surface area contributed by atoms with Crippen LogP contribution in [0, 0.1) is 0 Å². The molecule has 0 atom stereocenters. The molecule has 0 aliphatic carbocycles. The summed E-state index contributed by atoms with van der Waals surface area (Å²) in [5, 5.41) is 8.57. The number of fused-ring (bicyclic) bond motifs is 1. The fourth-order valence-corrected chi connectivity index (χ4v) is 3.89. The Labute approximate surface area is 167 Å². The van der Waals surface area contributed by atoms with Gasteiger partial charge in [0.1, 0.15) is 23.0 Å². The van der Waals surface area contributed by atoms with Crippen LogP contribution in [-0.2, 0) is 6.42 Å². The molecule has 1 N–H and O–H groups in total. The van der Waals surface area contributed by atoms with Crippen molar-refractivity contribution in [2.45, 2.75) is 19.3 Å². The van der Waals surface area contributed by atoms with E-state index in [2.05, 4.69) is 33.4 Å². The summed E-state index contributed by atoms with van der Waals surface area (Å²) in [4.78, 5) is 0. The van der Waals surface area contributed by atoms with Crippen molar-refractivity contribution < 1.29 is 9.47 Å². The Morgan fingerprint density at radius 3 is 2.74 bits per heavy atom. The van der Waals surface area contributed by atoms with Crippen molar-refractivity contribution >= 4 is 21.7 Å². The molecule has 0 radical (unpaired) electrons. The van der Waals surface area contributed by atoms with Gasteiger partial charge in [-0.1, -0.05) is 22.0 Å². The summed E-state index contributed by atoms with van der Waals surface area (Å²) in [6.45, 7) is 0.950. The molecule has 0 spiro atoms. The first-order chi connectivity index (χ1) is 13.2. The molecule has 3 aromatic rings. The van der Waals surface area contributed by atoms with Crippen LogP contribution in [-0.4, -0.2) is 30.5 Å². The standard InChI is InChI=1S/C21H22BrN3O2/c1-26-16-9-10-17(19(13-16)27-2)20-18-8-3-4-11-23-21(18)25(24-20)15-7-5-6-14(22)12-15/h5-7,9-10,12-13,23H,3-4,8,11H2,1-2H3. The number of ether oxygens (including phenoxy) is 2. The lowest BCUT2D eigenvalue weighted by molar-refractivity contribution is 0.395. The zero-order valence-electron chi connectivity index (χ0n) is 15.5. The highest BCUT2D eigenvalue weighted by atomic mass is 79.9. The lowest BCUT2D eigenvalue weighted by Gasteiger charge is -2.10. The number of anilines is 1. The lowest BCUT2D eigenvalue weighted by Crippen LogP contribution is -2.07. The smallest absolute Gasteiger partial charge is 0.133 e. The minimum atomic E-state index is 0.764. The molecule has 2 heterocycles. The molecule has 6 heteroatoms. The lowest BCUT2D eigenvalue weighted by atomic mass is 10.0. The summed E-state index contributed by atoms with van der Waals surface area (Å²) in [7, 11) is 3.34. The Morgan fingerprint density at radius 1 is 1.07 bits per heavy atom. The molecule has 0 saturated carbocycles. The summed E-state index contributed by atoms with van der Waals surface area (Å²) in [5.74, 6) is 2.60. The van der Waals surface area contributed by atoms with E-state index in [1.807, 2.05) is 35.0 Å². The van der Waals surface area contributed by atoms with Crippen molar-refractivity contribution in [3.05, 3.63) is 52.5 Å². The van der Waals surface area contributed by atoms with Gasteiger partial charge in [0.15, 0.2) is 0 Å². The summed E-state index contributed by atoms with van der Waals surface area (Å²) >= 11 is 3.57. The topological polar surface area (TPSA) is 48.3 Å². The van der Waals surface area contributed by atoms with Crippen molar-refractivity contribution in [3.8, 4) is 28.4 Å². The predicted molar refractivity (Wildman–Crippen MR) is 111 cm³/mol. The number of nitrogens with zero attached hydrogens (tertiary/aromatic N) is 2. The average Bonchev–Trinajstić information content (AvgIpc) is 2.88. The molecule has 2 aromatic carbocycles. The van der Waals surface area contributed by atoms with Crippen LogP contribution in [0.5, 0.6) is 11.5 Å². The maximum atomic E-state index is 5.64. The number of hydrogen-bond acceptors (Lipinski definition) is 4. The largest absolute Gasteiger partial charge is 0.497 e. The van der Waals surface area contributed by atoms with Crippen LogP contribution in [0.4, 0.5) is 5.82 Å². The van der Waals surface area contributed by atoms with E-state index in [0.717, 1.165) is 64.5 Å². The van der Waals surface area contributed by atoms with Crippen molar-refractivity contribution in [2.24, 2.45) is 0 Å². The molecule has 27 heavy (non-hydrogen) atoms. The maximum Gasteiger partial charge on any atom is 0.133 e. The monoisotopic (exact) mass is 427 g/mol. The van der Waals surface area contributed by atoms with Gasteiger partial charge < -0.3 is 14.8 Å². The Bertz CT molecular complexity index is 968. The highest BCUT2D eigenvalue weighted by Crippen LogP contribution is 2.39. The molecule has 1 aliphatic rings. The molecule has 0 saturated heterocycles. The van der Waals surface area contributed by atoms with Crippen molar-refractivity contribution in [1.82, 2.24) is 9.78 Å². The van der Waals surface area contributed by atoms with E-state index in [-0.39, 0.29) is 0 Å². The fourth-order valence-electron chi connectivity index (χ4n) is 3.51. The van der Waals surface area contributed by atoms with E-state index in [4.69, 9.17) is 14.6 Å². The van der Waals surface area contributed by atoms with Gasteiger partial charge in [-0.05, 0) is 49.6 Å². The van der Waals surface area contributed by atoms with Crippen LogP contribution in [0.2, 0.25) is 0 Å². The van der Waals surface area contributed by atoms with Gasteiger partial charge >= 0.3 is 0 Å². The van der Waals surface area contributed by atoms with Crippen LogP contribution < -0.4 is 14.8 Å². The molecule has 5 nitrogen and oxygen atoms in total. The molecule has 4 rings (SSSR count). The zero-order valence-corrected chi connectivity index (χ0v) is 17.0. The van der Waals surface area contributed by atoms with Gasteiger partial charge in [0, 0.05) is 28.2 Å². The summed E-state index contributed by atoms with van der Waals surface area (Å²) in [5.41, 5.74) is 4.19. The van der Waals surface area contributed by atoms with E-state index in [1.165, 1.54) is 5.56 Å².